The lowest BCUT2D eigenvalue weighted by atomic mass is 9.98. The summed E-state index contributed by atoms with van der Waals surface area (Å²) in [5, 5.41) is 0.388. The predicted molar refractivity (Wildman–Crippen MR) is 99.9 cm³/mol. The minimum absolute atomic E-state index is 0.128. The van der Waals surface area contributed by atoms with Crippen molar-refractivity contribution in [3.8, 4) is 11.1 Å². The van der Waals surface area contributed by atoms with Gasteiger partial charge in [-0.15, -0.1) is 0 Å². The van der Waals surface area contributed by atoms with Crippen LogP contribution in [-0.4, -0.2) is 29.8 Å². The fourth-order valence-electron chi connectivity index (χ4n) is 3.15. The van der Waals surface area contributed by atoms with Crippen molar-refractivity contribution in [3.05, 3.63) is 39.8 Å². The van der Waals surface area contributed by atoms with E-state index in [1.165, 1.54) is 10.7 Å². The van der Waals surface area contributed by atoms with Gasteiger partial charge in [0.2, 0.25) is 5.62 Å². The van der Waals surface area contributed by atoms with E-state index in [1.807, 2.05) is 0 Å². The molecule has 1 aliphatic heterocycles. The first kappa shape index (κ1) is 18.0. The Morgan fingerprint density at radius 2 is 1.92 bits per heavy atom. The van der Waals surface area contributed by atoms with E-state index >= 15 is 0 Å². The van der Waals surface area contributed by atoms with Crippen LogP contribution in [0.2, 0.25) is 10.2 Å². The Labute approximate surface area is 155 Å². The van der Waals surface area contributed by atoms with Gasteiger partial charge in [-0.25, -0.2) is 9.07 Å². The van der Waals surface area contributed by atoms with Crippen molar-refractivity contribution in [2.24, 2.45) is 10.9 Å². The third-order valence-electron chi connectivity index (χ3n) is 4.57. The molecule has 0 unspecified atom stereocenters. The maximum absolute atomic E-state index is 14.6. The zero-order valence-electron chi connectivity index (χ0n) is 14.1. The van der Waals surface area contributed by atoms with E-state index in [9.17, 15) is 4.39 Å². The molecular formula is C17H20Cl2FN5. The van der Waals surface area contributed by atoms with Crippen molar-refractivity contribution in [3.63, 3.8) is 0 Å². The SMILES string of the molecule is CN=c1nc(Cl)c(-c2c(F)cccc2Cl)c(N2CCC(C)CC2)n1N. The number of halogens is 3. The smallest absolute Gasteiger partial charge is 0.246 e. The van der Waals surface area contributed by atoms with Crippen molar-refractivity contribution in [1.82, 2.24) is 9.66 Å². The second-order valence-electron chi connectivity index (χ2n) is 6.26. The van der Waals surface area contributed by atoms with E-state index in [-0.39, 0.29) is 21.4 Å². The average molecular weight is 384 g/mol. The van der Waals surface area contributed by atoms with Gasteiger partial charge in [-0.3, -0.25) is 4.99 Å². The van der Waals surface area contributed by atoms with E-state index in [4.69, 9.17) is 29.0 Å². The molecule has 2 heterocycles. The Hall–Kier alpha value is -1.79. The highest BCUT2D eigenvalue weighted by atomic mass is 35.5. The van der Waals surface area contributed by atoms with Crippen LogP contribution in [0.25, 0.3) is 11.1 Å². The number of rotatable bonds is 2. The maximum atomic E-state index is 14.6. The van der Waals surface area contributed by atoms with Gasteiger partial charge in [0.1, 0.15) is 16.8 Å². The number of nitrogens with two attached hydrogens (primary N) is 1. The second-order valence-corrected chi connectivity index (χ2v) is 7.03. The first-order valence-electron chi connectivity index (χ1n) is 8.13. The van der Waals surface area contributed by atoms with Crippen LogP contribution in [0.1, 0.15) is 19.8 Å². The number of nitrogen functional groups attached to an aromatic ring is 1. The molecule has 5 nitrogen and oxygen atoms in total. The van der Waals surface area contributed by atoms with Crippen LogP contribution >= 0.6 is 23.2 Å². The lowest BCUT2D eigenvalue weighted by Crippen LogP contribution is -2.41. The molecule has 2 aromatic rings. The molecule has 1 fully saturated rings. The van der Waals surface area contributed by atoms with Gasteiger partial charge in [-0.2, -0.15) is 4.98 Å². The van der Waals surface area contributed by atoms with Crippen LogP contribution in [0.15, 0.2) is 23.2 Å². The van der Waals surface area contributed by atoms with Gasteiger partial charge in [-0.1, -0.05) is 36.2 Å². The molecule has 0 bridgehead atoms. The summed E-state index contributed by atoms with van der Waals surface area (Å²) in [6.07, 6.45) is 2.03. The van der Waals surface area contributed by atoms with Gasteiger partial charge in [-0.05, 0) is 30.9 Å². The summed E-state index contributed by atoms with van der Waals surface area (Å²) < 4.78 is 15.9. The van der Waals surface area contributed by atoms with Crippen molar-refractivity contribution in [2.45, 2.75) is 19.8 Å². The zero-order valence-corrected chi connectivity index (χ0v) is 15.6. The number of piperidine rings is 1. The van der Waals surface area contributed by atoms with E-state index in [2.05, 4.69) is 21.8 Å². The Balaban J connectivity index is 2.30. The first-order valence-corrected chi connectivity index (χ1v) is 8.89. The number of hydrogen-bond acceptors (Lipinski definition) is 4. The van der Waals surface area contributed by atoms with Crippen LogP contribution in [0.4, 0.5) is 10.2 Å². The Morgan fingerprint density at radius 1 is 1.24 bits per heavy atom. The fourth-order valence-corrected chi connectivity index (χ4v) is 3.66. The molecule has 0 saturated carbocycles. The van der Waals surface area contributed by atoms with Crippen molar-refractivity contribution in [1.29, 1.82) is 0 Å². The minimum Gasteiger partial charge on any atom is -0.356 e. The standard InChI is InChI=1S/C17H20Cl2FN5/c1-10-6-8-24(9-7-10)16-14(13-11(18)4-3-5-12(13)20)15(19)23-17(22-2)25(16)21/h3-5,10H,6-9,21H2,1-2H3. The molecule has 1 aromatic carbocycles. The van der Waals surface area contributed by atoms with E-state index < -0.39 is 5.82 Å². The molecule has 0 atom stereocenters. The van der Waals surface area contributed by atoms with Crippen LogP contribution in [0.3, 0.4) is 0 Å². The Morgan fingerprint density at radius 3 is 2.52 bits per heavy atom. The predicted octanol–water partition coefficient (Wildman–Crippen LogP) is 3.48. The van der Waals surface area contributed by atoms with Crippen LogP contribution in [0.5, 0.6) is 0 Å². The average Bonchev–Trinajstić information content (AvgIpc) is 2.58. The molecule has 3 rings (SSSR count). The topological polar surface area (TPSA) is 59.4 Å². The lowest BCUT2D eigenvalue weighted by Gasteiger charge is -2.34. The first-order chi connectivity index (χ1) is 11.9. The molecule has 0 radical (unpaired) electrons. The monoisotopic (exact) mass is 383 g/mol. The number of anilines is 1. The van der Waals surface area contributed by atoms with E-state index in [0.29, 0.717) is 17.3 Å². The molecule has 1 aromatic heterocycles. The normalized spacial score (nSPS) is 16.5. The summed E-state index contributed by atoms with van der Waals surface area (Å²) >= 11 is 12.7. The Kier molecular flexibility index (Phi) is 5.20. The summed E-state index contributed by atoms with van der Waals surface area (Å²) in [6, 6.07) is 4.52. The van der Waals surface area contributed by atoms with Crippen LogP contribution in [0, 0.1) is 11.7 Å². The highest BCUT2D eigenvalue weighted by Crippen LogP contribution is 2.40. The van der Waals surface area contributed by atoms with Crippen molar-refractivity contribution in [2.75, 3.05) is 30.9 Å². The van der Waals surface area contributed by atoms with E-state index in [0.717, 1.165) is 25.9 Å². The molecule has 25 heavy (non-hydrogen) atoms. The quantitative estimate of drug-likeness (QED) is 0.637. The summed E-state index contributed by atoms with van der Waals surface area (Å²) in [5.41, 5.74) is 0.876. The van der Waals surface area contributed by atoms with Gasteiger partial charge in [0.25, 0.3) is 0 Å². The molecule has 0 aliphatic carbocycles. The highest BCUT2D eigenvalue weighted by Gasteiger charge is 2.27. The summed E-state index contributed by atoms with van der Waals surface area (Å²) in [4.78, 5) is 10.4. The van der Waals surface area contributed by atoms with Crippen molar-refractivity contribution >= 4 is 29.0 Å². The highest BCUT2D eigenvalue weighted by molar-refractivity contribution is 6.36. The summed E-state index contributed by atoms with van der Waals surface area (Å²) in [7, 11) is 1.58. The largest absolute Gasteiger partial charge is 0.356 e. The van der Waals surface area contributed by atoms with Gasteiger partial charge < -0.3 is 10.7 Å². The number of benzene rings is 1. The van der Waals surface area contributed by atoms with Crippen LogP contribution < -0.4 is 16.4 Å². The third-order valence-corrected chi connectivity index (χ3v) is 5.16. The molecule has 8 heteroatoms. The number of hydrogen-bond donors (Lipinski definition) is 1. The van der Waals surface area contributed by atoms with Gasteiger partial charge in [0, 0.05) is 25.7 Å². The molecule has 0 spiro atoms. The number of nitrogens with zero attached hydrogens (tertiary/aromatic N) is 4. The Bertz CT molecular complexity index is 837. The van der Waals surface area contributed by atoms with Crippen molar-refractivity contribution < 1.29 is 4.39 Å². The minimum atomic E-state index is -0.469. The summed E-state index contributed by atoms with van der Waals surface area (Å²) in [6.45, 7) is 3.80. The fraction of sp³-hybridized carbons (Fsp3) is 0.412. The summed E-state index contributed by atoms with van der Waals surface area (Å²) in [5.74, 6) is 7.01. The van der Waals surface area contributed by atoms with E-state index in [1.54, 1.807) is 19.2 Å². The van der Waals surface area contributed by atoms with Crippen LogP contribution in [-0.2, 0) is 0 Å². The third kappa shape index (κ3) is 3.33. The molecular weight excluding hydrogens is 364 g/mol. The molecule has 1 saturated heterocycles. The molecule has 1 aliphatic rings. The van der Waals surface area contributed by atoms with Gasteiger partial charge in [0.05, 0.1) is 10.6 Å². The molecule has 2 N–H and O–H groups in total. The lowest BCUT2D eigenvalue weighted by molar-refractivity contribution is 0.434. The molecule has 0 amide bonds. The molecule has 134 valence electrons. The van der Waals surface area contributed by atoms with Gasteiger partial charge >= 0.3 is 0 Å². The van der Waals surface area contributed by atoms with Gasteiger partial charge in [0.15, 0.2) is 0 Å². The second kappa shape index (κ2) is 7.22. The number of aromatic nitrogens is 2. The zero-order chi connectivity index (χ0) is 18.1. The maximum Gasteiger partial charge on any atom is 0.246 e.